The Morgan fingerprint density at radius 1 is 1.22 bits per heavy atom. The number of rotatable bonds is 1. The van der Waals surface area contributed by atoms with Crippen molar-refractivity contribution in [3.05, 3.63) is 11.6 Å². The third kappa shape index (κ3) is 2.21. The van der Waals surface area contributed by atoms with Crippen LogP contribution in [0.25, 0.3) is 0 Å². The van der Waals surface area contributed by atoms with E-state index in [-0.39, 0.29) is 0 Å². The van der Waals surface area contributed by atoms with Crippen molar-refractivity contribution < 1.29 is 0 Å². The summed E-state index contributed by atoms with van der Waals surface area (Å²) in [5, 5.41) is 0. The van der Waals surface area contributed by atoms with Gasteiger partial charge >= 0.3 is 0 Å². The third-order valence-corrected chi connectivity index (χ3v) is 1.88. The molecule has 1 aliphatic carbocycles. The van der Waals surface area contributed by atoms with E-state index in [4.69, 9.17) is 0 Å². The average molecular weight is 123 g/mol. The molecule has 1 fully saturated rings. The lowest BCUT2D eigenvalue weighted by atomic mass is 9.94. The number of hydrogen-bond acceptors (Lipinski definition) is 0. The second kappa shape index (κ2) is 3.71. The molecule has 1 aliphatic rings. The molecule has 0 atom stereocenters. The second-order valence-corrected chi connectivity index (χ2v) is 2.69. The van der Waals surface area contributed by atoms with Gasteiger partial charge in [0, 0.05) is 0 Å². The highest BCUT2D eigenvalue weighted by Gasteiger charge is 2.03. The Bertz CT molecular complexity index is 92.6. The lowest BCUT2D eigenvalue weighted by Crippen LogP contribution is -1.92. The molecule has 0 spiro atoms. The van der Waals surface area contributed by atoms with E-state index in [1.165, 1.54) is 32.1 Å². The fraction of sp³-hybridized carbons (Fsp3) is 0.778. The van der Waals surface area contributed by atoms with E-state index in [1.54, 1.807) is 5.57 Å². The van der Waals surface area contributed by atoms with Gasteiger partial charge in [0.15, 0.2) is 0 Å². The molecule has 0 heterocycles. The molecule has 0 aromatic heterocycles. The summed E-state index contributed by atoms with van der Waals surface area (Å²) in [6.07, 6.45) is 11.4. The largest absolute Gasteiger partial charge is 0.0667 e. The first-order chi connectivity index (χ1) is 4.43. The molecule has 0 saturated heterocycles. The molecule has 0 bridgehead atoms. The maximum Gasteiger partial charge on any atom is -0.0305 e. The van der Waals surface area contributed by atoms with Gasteiger partial charge in [0.05, 0.1) is 0 Å². The van der Waals surface area contributed by atoms with Crippen molar-refractivity contribution in [2.24, 2.45) is 0 Å². The van der Waals surface area contributed by atoms with Gasteiger partial charge < -0.3 is 0 Å². The van der Waals surface area contributed by atoms with Crippen LogP contribution in [0.4, 0.5) is 0 Å². The molecule has 0 aromatic rings. The quantitative estimate of drug-likeness (QED) is 0.502. The van der Waals surface area contributed by atoms with Gasteiger partial charge in [-0.3, -0.25) is 0 Å². The molecule has 1 rings (SSSR count). The lowest BCUT2D eigenvalue weighted by molar-refractivity contribution is 0.594. The van der Waals surface area contributed by atoms with Crippen molar-refractivity contribution in [1.29, 1.82) is 0 Å². The molecular weight excluding hydrogens is 108 g/mol. The summed E-state index contributed by atoms with van der Waals surface area (Å²) in [4.78, 5) is 0. The van der Waals surface area contributed by atoms with Gasteiger partial charge in [-0.25, -0.2) is 0 Å². The van der Waals surface area contributed by atoms with Crippen molar-refractivity contribution in [3.63, 3.8) is 0 Å². The predicted octanol–water partition coefficient (Wildman–Crippen LogP) is 3.09. The Balaban J connectivity index is 2.30. The van der Waals surface area contributed by atoms with Crippen LogP contribution in [0.1, 0.15) is 45.4 Å². The van der Waals surface area contributed by atoms with Gasteiger partial charge in [-0.2, -0.15) is 0 Å². The summed E-state index contributed by atoms with van der Waals surface area (Å²) in [5.74, 6) is 0. The Hall–Kier alpha value is -0.260. The molecule has 0 unspecified atom stereocenters. The Labute approximate surface area is 58.0 Å². The molecule has 1 saturated carbocycles. The zero-order valence-electron chi connectivity index (χ0n) is 6.24. The average Bonchev–Trinajstić information content (AvgIpc) is 1.91. The van der Waals surface area contributed by atoms with Gasteiger partial charge in [-0.15, -0.1) is 0 Å². The summed E-state index contributed by atoms with van der Waals surface area (Å²) in [7, 11) is 0. The summed E-state index contributed by atoms with van der Waals surface area (Å²) in [5.41, 5.74) is 1.59. The molecule has 9 heavy (non-hydrogen) atoms. The Morgan fingerprint density at radius 2 is 1.89 bits per heavy atom. The normalized spacial score (nSPS) is 19.9. The van der Waals surface area contributed by atoms with E-state index in [1.807, 2.05) is 0 Å². The minimum Gasteiger partial charge on any atom is -0.0667 e. The monoisotopic (exact) mass is 123 g/mol. The van der Waals surface area contributed by atoms with Gasteiger partial charge in [0.2, 0.25) is 0 Å². The first-order valence-electron chi connectivity index (χ1n) is 4.02. The second-order valence-electron chi connectivity index (χ2n) is 2.69. The Morgan fingerprint density at radius 3 is 2.44 bits per heavy atom. The molecule has 1 radical (unpaired) electrons. The van der Waals surface area contributed by atoms with E-state index in [9.17, 15) is 0 Å². The van der Waals surface area contributed by atoms with E-state index in [0.717, 1.165) is 6.42 Å². The standard InChI is InChI=1S/C9H15/c1-2-6-9-7-4-3-5-8-9/h2-5,7-8H2,1H3. The first-order valence-corrected chi connectivity index (χ1v) is 4.02. The first kappa shape index (κ1) is 6.85. The molecule has 51 valence electrons. The minimum absolute atomic E-state index is 1.11. The maximum absolute atomic E-state index is 3.40. The van der Waals surface area contributed by atoms with Crippen molar-refractivity contribution in [2.45, 2.75) is 45.4 Å². The Kier molecular flexibility index (Phi) is 2.82. The molecule has 0 amide bonds. The van der Waals surface area contributed by atoms with Crippen LogP contribution in [0.5, 0.6) is 0 Å². The molecule has 0 heteroatoms. The number of allylic oxidation sites excluding steroid dienone is 2. The molecular formula is C9H15. The highest BCUT2D eigenvalue weighted by molar-refractivity contribution is 4.98. The van der Waals surface area contributed by atoms with Crippen LogP contribution < -0.4 is 0 Å². The van der Waals surface area contributed by atoms with E-state index < -0.39 is 0 Å². The van der Waals surface area contributed by atoms with Crippen LogP contribution in [0.3, 0.4) is 0 Å². The van der Waals surface area contributed by atoms with Crippen molar-refractivity contribution in [2.75, 3.05) is 0 Å². The summed E-state index contributed by atoms with van der Waals surface area (Å²) in [6.45, 7) is 2.17. The highest BCUT2D eigenvalue weighted by atomic mass is 14.1. The SMILES string of the molecule is CC[C]=C1CCCCC1. The highest BCUT2D eigenvalue weighted by Crippen LogP contribution is 2.22. The molecule has 0 N–H and O–H groups in total. The van der Waals surface area contributed by atoms with Gasteiger partial charge in [0.25, 0.3) is 0 Å². The van der Waals surface area contributed by atoms with Crippen molar-refractivity contribution in [1.82, 2.24) is 0 Å². The number of hydrogen-bond donors (Lipinski definition) is 0. The zero-order valence-corrected chi connectivity index (χ0v) is 6.24. The summed E-state index contributed by atoms with van der Waals surface area (Å²) >= 11 is 0. The molecule has 0 nitrogen and oxygen atoms in total. The van der Waals surface area contributed by atoms with Gasteiger partial charge in [0.1, 0.15) is 0 Å². The van der Waals surface area contributed by atoms with Crippen LogP contribution >= 0.6 is 0 Å². The van der Waals surface area contributed by atoms with Crippen LogP contribution in [-0.2, 0) is 0 Å². The smallest absolute Gasteiger partial charge is 0.0305 e. The minimum atomic E-state index is 1.11. The van der Waals surface area contributed by atoms with Crippen molar-refractivity contribution in [3.8, 4) is 0 Å². The molecule has 0 aromatic carbocycles. The fourth-order valence-electron chi connectivity index (χ4n) is 1.41. The van der Waals surface area contributed by atoms with Crippen molar-refractivity contribution >= 4 is 0 Å². The van der Waals surface area contributed by atoms with Crippen LogP contribution in [0.2, 0.25) is 0 Å². The van der Waals surface area contributed by atoms with Gasteiger partial charge in [-0.05, 0) is 38.2 Å². The van der Waals surface area contributed by atoms with E-state index >= 15 is 0 Å². The summed E-state index contributed by atoms with van der Waals surface area (Å²) < 4.78 is 0. The topological polar surface area (TPSA) is 0 Å². The van der Waals surface area contributed by atoms with Gasteiger partial charge in [-0.1, -0.05) is 18.9 Å². The van der Waals surface area contributed by atoms with Crippen LogP contribution in [0.15, 0.2) is 5.57 Å². The van der Waals surface area contributed by atoms with Crippen LogP contribution in [0, 0.1) is 6.08 Å². The predicted molar refractivity (Wildman–Crippen MR) is 40.1 cm³/mol. The third-order valence-electron chi connectivity index (χ3n) is 1.88. The summed E-state index contributed by atoms with van der Waals surface area (Å²) in [6, 6.07) is 0. The van der Waals surface area contributed by atoms with E-state index in [0.29, 0.717) is 0 Å². The fourth-order valence-corrected chi connectivity index (χ4v) is 1.41. The van der Waals surface area contributed by atoms with E-state index in [2.05, 4.69) is 13.0 Å². The zero-order chi connectivity index (χ0) is 6.53. The maximum atomic E-state index is 3.40. The lowest BCUT2D eigenvalue weighted by Gasteiger charge is -2.12. The molecule has 0 aliphatic heterocycles. The van der Waals surface area contributed by atoms with Crippen LogP contribution in [-0.4, -0.2) is 0 Å².